The summed E-state index contributed by atoms with van der Waals surface area (Å²) < 4.78 is 0. The van der Waals surface area contributed by atoms with E-state index in [-0.39, 0.29) is 6.29 Å². The standard InChI is InChI=1S/C21H24N3P/c1-24(2)21(22)23-17-10-9-15-20(16-17)25(18-11-5-3-6-12-18)19-13-7-4-8-14-19/h3-16,21,23H,22H2,1-2H3. The Labute approximate surface area is 151 Å². The van der Waals surface area contributed by atoms with Crippen molar-refractivity contribution in [2.24, 2.45) is 5.73 Å². The highest BCUT2D eigenvalue weighted by molar-refractivity contribution is 7.79. The summed E-state index contributed by atoms with van der Waals surface area (Å²) in [6.45, 7) is 0. The SMILES string of the molecule is CN(C)C(N)Nc1cccc(P(c2ccccc2)c2ccccc2)c1. The van der Waals surface area contributed by atoms with Crippen LogP contribution in [-0.2, 0) is 0 Å². The third-order valence-electron chi connectivity index (χ3n) is 4.00. The summed E-state index contributed by atoms with van der Waals surface area (Å²) in [5.41, 5.74) is 7.16. The molecule has 0 aromatic heterocycles. The largest absolute Gasteiger partial charge is 0.358 e. The van der Waals surface area contributed by atoms with Crippen LogP contribution >= 0.6 is 7.92 Å². The van der Waals surface area contributed by atoms with Gasteiger partial charge in [0.2, 0.25) is 0 Å². The lowest BCUT2D eigenvalue weighted by atomic mass is 10.3. The fourth-order valence-corrected chi connectivity index (χ4v) is 4.97. The molecule has 0 heterocycles. The van der Waals surface area contributed by atoms with Crippen LogP contribution in [0.2, 0.25) is 0 Å². The molecule has 0 aliphatic carbocycles. The van der Waals surface area contributed by atoms with Crippen molar-refractivity contribution in [3.05, 3.63) is 84.9 Å². The average Bonchev–Trinajstić information content (AvgIpc) is 2.64. The zero-order valence-corrected chi connectivity index (χ0v) is 15.5. The number of nitrogens with two attached hydrogens (primary N) is 1. The maximum Gasteiger partial charge on any atom is 0.131 e. The lowest BCUT2D eigenvalue weighted by molar-refractivity contribution is 0.330. The van der Waals surface area contributed by atoms with Crippen molar-refractivity contribution in [3.8, 4) is 0 Å². The van der Waals surface area contributed by atoms with Crippen LogP contribution in [0.15, 0.2) is 84.9 Å². The molecule has 0 amide bonds. The molecule has 3 rings (SSSR count). The topological polar surface area (TPSA) is 41.3 Å². The fourth-order valence-electron chi connectivity index (χ4n) is 2.64. The van der Waals surface area contributed by atoms with E-state index < -0.39 is 7.92 Å². The van der Waals surface area contributed by atoms with Crippen molar-refractivity contribution in [2.75, 3.05) is 19.4 Å². The second kappa shape index (κ2) is 8.26. The molecule has 3 N–H and O–H groups in total. The van der Waals surface area contributed by atoms with E-state index in [1.807, 2.05) is 19.0 Å². The van der Waals surface area contributed by atoms with Gasteiger partial charge in [0.15, 0.2) is 0 Å². The number of nitrogens with one attached hydrogen (secondary N) is 1. The van der Waals surface area contributed by atoms with Gasteiger partial charge in [-0.15, -0.1) is 0 Å². The molecule has 25 heavy (non-hydrogen) atoms. The molecule has 4 heteroatoms. The van der Waals surface area contributed by atoms with Gasteiger partial charge >= 0.3 is 0 Å². The second-order valence-corrected chi connectivity index (χ2v) is 8.33. The first-order valence-electron chi connectivity index (χ1n) is 8.34. The molecule has 1 unspecified atom stereocenters. The van der Waals surface area contributed by atoms with Crippen molar-refractivity contribution >= 4 is 29.5 Å². The van der Waals surface area contributed by atoms with E-state index in [0.29, 0.717) is 0 Å². The van der Waals surface area contributed by atoms with Crippen LogP contribution in [0, 0.1) is 0 Å². The third kappa shape index (κ3) is 4.46. The minimum absolute atomic E-state index is 0.213. The molecule has 0 fully saturated rings. The Morgan fingerprint density at radius 3 is 1.80 bits per heavy atom. The summed E-state index contributed by atoms with van der Waals surface area (Å²) in [5, 5.41) is 7.35. The minimum Gasteiger partial charge on any atom is -0.358 e. The Hall–Kier alpha value is -2.19. The number of rotatable bonds is 6. The van der Waals surface area contributed by atoms with E-state index in [4.69, 9.17) is 5.73 Å². The zero-order valence-electron chi connectivity index (χ0n) is 14.6. The summed E-state index contributed by atoms with van der Waals surface area (Å²) in [4.78, 5) is 1.95. The van der Waals surface area contributed by atoms with Gasteiger partial charge in [0.05, 0.1) is 0 Å². The highest BCUT2D eigenvalue weighted by Gasteiger charge is 2.16. The van der Waals surface area contributed by atoms with Crippen LogP contribution in [-0.4, -0.2) is 25.3 Å². The molecule has 0 aliphatic heterocycles. The molecule has 1 atom stereocenters. The van der Waals surface area contributed by atoms with E-state index in [1.54, 1.807) is 0 Å². The summed E-state index contributed by atoms with van der Waals surface area (Å²) >= 11 is 0. The second-order valence-electron chi connectivity index (χ2n) is 6.11. The molecule has 3 aromatic rings. The first-order chi connectivity index (χ1) is 12.1. The van der Waals surface area contributed by atoms with E-state index >= 15 is 0 Å². The molecule has 3 nitrogen and oxygen atoms in total. The molecule has 3 aromatic carbocycles. The Balaban J connectivity index is 2.00. The normalized spacial score (nSPS) is 12.4. The predicted octanol–water partition coefficient (Wildman–Crippen LogP) is 2.66. The number of anilines is 1. The molecular formula is C21H24N3P. The lowest BCUT2D eigenvalue weighted by Gasteiger charge is -2.24. The summed E-state index contributed by atoms with van der Waals surface area (Å²) in [5.74, 6) is 0. The van der Waals surface area contributed by atoms with Crippen molar-refractivity contribution in [1.82, 2.24) is 4.90 Å². The molecule has 0 radical (unpaired) electrons. The summed E-state index contributed by atoms with van der Waals surface area (Å²) in [7, 11) is 3.32. The molecule has 0 bridgehead atoms. The van der Waals surface area contributed by atoms with Crippen LogP contribution in [0.25, 0.3) is 0 Å². The highest BCUT2D eigenvalue weighted by Crippen LogP contribution is 2.33. The van der Waals surface area contributed by atoms with Gasteiger partial charge in [-0.3, -0.25) is 10.6 Å². The van der Waals surface area contributed by atoms with Gasteiger partial charge in [-0.1, -0.05) is 72.8 Å². The van der Waals surface area contributed by atoms with Crippen LogP contribution in [0.1, 0.15) is 0 Å². The van der Waals surface area contributed by atoms with Crippen LogP contribution in [0.5, 0.6) is 0 Å². The maximum absolute atomic E-state index is 6.12. The average molecular weight is 349 g/mol. The van der Waals surface area contributed by atoms with E-state index in [2.05, 4.69) is 90.2 Å². The summed E-state index contributed by atoms with van der Waals surface area (Å²) in [6, 6.07) is 30.0. The van der Waals surface area contributed by atoms with Crippen LogP contribution in [0.4, 0.5) is 5.69 Å². The molecular weight excluding hydrogens is 325 g/mol. The van der Waals surface area contributed by atoms with Gasteiger partial charge in [-0.05, 0) is 50.1 Å². The van der Waals surface area contributed by atoms with E-state index in [1.165, 1.54) is 15.9 Å². The van der Waals surface area contributed by atoms with Gasteiger partial charge < -0.3 is 5.32 Å². The van der Waals surface area contributed by atoms with Crippen molar-refractivity contribution in [3.63, 3.8) is 0 Å². The van der Waals surface area contributed by atoms with Gasteiger partial charge in [0.1, 0.15) is 6.29 Å². The molecule has 128 valence electrons. The first kappa shape index (κ1) is 17.6. The minimum atomic E-state index is -0.597. The number of benzene rings is 3. The molecule has 0 spiro atoms. The molecule has 0 aliphatic rings. The number of hydrogen-bond donors (Lipinski definition) is 2. The van der Waals surface area contributed by atoms with Crippen LogP contribution < -0.4 is 27.0 Å². The van der Waals surface area contributed by atoms with E-state index in [9.17, 15) is 0 Å². The quantitative estimate of drug-likeness (QED) is 0.531. The first-order valence-corrected chi connectivity index (χ1v) is 9.68. The number of nitrogens with zero attached hydrogens (tertiary/aromatic N) is 1. The fraction of sp³-hybridized carbons (Fsp3) is 0.143. The zero-order chi connectivity index (χ0) is 17.6. The number of hydrogen-bond acceptors (Lipinski definition) is 3. The van der Waals surface area contributed by atoms with Gasteiger partial charge in [-0.25, -0.2) is 0 Å². The van der Waals surface area contributed by atoms with Gasteiger partial charge in [-0.2, -0.15) is 0 Å². The monoisotopic (exact) mass is 349 g/mol. The Kier molecular flexibility index (Phi) is 5.83. The van der Waals surface area contributed by atoms with Crippen molar-refractivity contribution < 1.29 is 0 Å². The Bertz CT molecular complexity index is 751. The Morgan fingerprint density at radius 2 is 1.28 bits per heavy atom. The van der Waals surface area contributed by atoms with Crippen LogP contribution in [0.3, 0.4) is 0 Å². The maximum atomic E-state index is 6.12. The molecule has 0 saturated carbocycles. The lowest BCUT2D eigenvalue weighted by Crippen LogP contribution is -2.43. The van der Waals surface area contributed by atoms with Crippen molar-refractivity contribution in [1.29, 1.82) is 0 Å². The predicted molar refractivity (Wildman–Crippen MR) is 110 cm³/mol. The van der Waals surface area contributed by atoms with E-state index in [0.717, 1.165) is 5.69 Å². The smallest absolute Gasteiger partial charge is 0.131 e. The Morgan fingerprint density at radius 1 is 0.760 bits per heavy atom. The van der Waals surface area contributed by atoms with Gasteiger partial charge in [0, 0.05) is 5.69 Å². The summed E-state index contributed by atoms with van der Waals surface area (Å²) in [6.07, 6.45) is -0.213. The van der Waals surface area contributed by atoms with Gasteiger partial charge in [0.25, 0.3) is 0 Å². The molecule has 0 saturated heterocycles. The van der Waals surface area contributed by atoms with Crippen molar-refractivity contribution in [2.45, 2.75) is 6.29 Å². The highest BCUT2D eigenvalue weighted by atomic mass is 31.1. The third-order valence-corrected chi connectivity index (χ3v) is 6.43.